The first kappa shape index (κ1) is 13.8. The van der Waals surface area contributed by atoms with Gasteiger partial charge >= 0.3 is 10.5 Å². The van der Waals surface area contributed by atoms with Crippen molar-refractivity contribution < 1.29 is 21.3 Å². The molecule has 0 heterocycles. The molecule has 0 saturated heterocycles. The first-order chi connectivity index (χ1) is 8.94. The van der Waals surface area contributed by atoms with Crippen molar-refractivity contribution in [1.29, 1.82) is 0 Å². The molecule has 2 rings (SSSR count). The zero-order chi connectivity index (χ0) is 13.9. The molecule has 7 heteroatoms. The molecule has 0 unspecified atom stereocenters. The minimum absolute atomic E-state index is 0.0377. The smallest absolute Gasteiger partial charge is 0.358 e. The van der Waals surface area contributed by atoms with E-state index in [0.29, 0.717) is 5.69 Å². The van der Waals surface area contributed by atoms with Gasteiger partial charge in [0.15, 0.2) is 0 Å². The van der Waals surface area contributed by atoms with E-state index in [1.165, 1.54) is 24.3 Å². The predicted molar refractivity (Wildman–Crippen MR) is 67.7 cm³/mol. The molecule has 19 heavy (non-hydrogen) atoms. The van der Waals surface area contributed by atoms with Gasteiger partial charge in [-0.05, 0) is 37.1 Å². The average Bonchev–Trinajstić information content (AvgIpc) is 2.83. The Morgan fingerprint density at radius 3 is 2.32 bits per heavy atom. The van der Waals surface area contributed by atoms with Crippen molar-refractivity contribution in [1.82, 2.24) is 0 Å². The van der Waals surface area contributed by atoms with Crippen LogP contribution in [0.25, 0.3) is 0 Å². The average molecular weight is 287 g/mol. The van der Waals surface area contributed by atoms with E-state index in [4.69, 9.17) is 0 Å². The normalized spacial score (nSPS) is 16.3. The van der Waals surface area contributed by atoms with Gasteiger partial charge in [0.2, 0.25) is 5.91 Å². The number of hydrogen-bond donors (Lipinski definition) is 1. The largest absolute Gasteiger partial charge is 0.488 e. The third-order valence-corrected chi connectivity index (χ3v) is 3.44. The van der Waals surface area contributed by atoms with Crippen molar-refractivity contribution in [3.63, 3.8) is 0 Å². The Balaban J connectivity index is 1.96. The van der Waals surface area contributed by atoms with Gasteiger partial charge in [0.1, 0.15) is 5.75 Å². The monoisotopic (exact) mass is 287 g/mol. The molecule has 0 aromatic heterocycles. The van der Waals surface area contributed by atoms with E-state index < -0.39 is 10.5 Å². The predicted octanol–water partition coefficient (Wildman–Crippen LogP) is 2.41. The summed E-state index contributed by atoms with van der Waals surface area (Å²) in [5, 5.41) is 2.74. The number of amides is 1. The minimum Gasteiger partial charge on any atom is -0.358 e. The van der Waals surface area contributed by atoms with Crippen LogP contribution in [0.5, 0.6) is 5.75 Å². The lowest BCUT2D eigenvalue weighted by molar-refractivity contribution is -0.119. The molecular formula is C12H14FNO4S. The highest BCUT2D eigenvalue weighted by Gasteiger charge is 2.22. The van der Waals surface area contributed by atoms with E-state index in [0.717, 1.165) is 25.7 Å². The van der Waals surface area contributed by atoms with Crippen LogP contribution in [0.4, 0.5) is 9.57 Å². The van der Waals surface area contributed by atoms with E-state index in [1.54, 1.807) is 0 Å². The minimum atomic E-state index is -5.01. The fraction of sp³-hybridized carbons (Fsp3) is 0.417. The summed E-state index contributed by atoms with van der Waals surface area (Å²) in [6, 6.07) is 5.49. The molecule has 1 amide bonds. The highest BCUT2D eigenvalue weighted by Crippen LogP contribution is 2.26. The fourth-order valence-corrected chi connectivity index (χ4v) is 2.48. The zero-order valence-corrected chi connectivity index (χ0v) is 11.0. The summed E-state index contributed by atoms with van der Waals surface area (Å²) in [7, 11) is -5.01. The Morgan fingerprint density at radius 1 is 1.21 bits per heavy atom. The molecule has 0 aliphatic heterocycles. The molecule has 1 aliphatic rings. The Labute approximate surface area is 111 Å². The maximum atomic E-state index is 12.3. The molecular weight excluding hydrogens is 273 g/mol. The van der Waals surface area contributed by atoms with Crippen molar-refractivity contribution in [2.45, 2.75) is 25.7 Å². The van der Waals surface area contributed by atoms with Crippen molar-refractivity contribution in [2.75, 3.05) is 5.32 Å². The SMILES string of the molecule is O=C(Nc1ccc(OS(=O)(=O)F)cc1)C1CCCC1. The molecule has 0 spiro atoms. The molecule has 1 fully saturated rings. The van der Waals surface area contributed by atoms with Crippen molar-refractivity contribution in [3.8, 4) is 5.75 Å². The maximum absolute atomic E-state index is 12.3. The third-order valence-electron chi connectivity index (χ3n) is 3.04. The van der Waals surface area contributed by atoms with Crippen LogP contribution in [0.15, 0.2) is 24.3 Å². The summed E-state index contributed by atoms with van der Waals surface area (Å²) in [5.41, 5.74) is 0.528. The number of rotatable bonds is 4. The third kappa shape index (κ3) is 4.20. The summed E-state index contributed by atoms with van der Waals surface area (Å²) in [5.74, 6) is -0.132. The fourth-order valence-electron chi connectivity index (χ4n) is 2.14. The molecule has 1 N–H and O–H groups in total. The van der Waals surface area contributed by atoms with Gasteiger partial charge in [-0.1, -0.05) is 16.7 Å². The molecule has 1 aromatic rings. The number of hydrogen-bond acceptors (Lipinski definition) is 4. The van der Waals surface area contributed by atoms with E-state index >= 15 is 0 Å². The lowest BCUT2D eigenvalue weighted by Gasteiger charge is -2.10. The number of carbonyl (C=O) groups excluding carboxylic acids is 1. The lowest BCUT2D eigenvalue weighted by Crippen LogP contribution is -2.20. The van der Waals surface area contributed by atoms with Crippen LogP contribution < -0.4 is 9.50 Å². The Hall–Kier alpha value is -1.63. The lowest BCUT2D eigenvalue weighted by atomic mass is 10.1. The Bertz CT molecular complexity index is 550. The van der Waals surface area contributed by atoms with Gasteiger partial charge in [0, 0.05) is 11.6 Å². The standard InChI is InChI=1S/C12H14FNO4S/c13-19(16,17)18-11-7-5-10(6-8-11)14-12(15)9-3-1-2-4-9/h5-9H,1-4H2,(H,14,15). The quantitative estimate of drug-likeness (QED) is 0.863. The Kier molecular flexibility index (Phi) is 4.04. The first-order valence-corrected chi connectivity index (χ1v) is 7.30. The molecule has 104 valence electrons. The van der Waals surface area contributed by atoms with Crippen molar-refractivity contribution in [2.24, 2.45) is 5.92 Å². The molecule has 0 radical (unpaired) electrons. The molecule has 1 saturated carbocycles. The molecule has 1 aliphatic carbocycles. The summed E-state index contributed by atoms with van der Waals surface area (Å²) in [6.07, 6.45) is 3.93. The van der Waals surface area contributed by atoms with Crippen molar-refractivity contribution in [3.05, 3.63) is 24.3 Å². The van der Waals surface area contributed by atoms with Gasteiger partial charge in [-0.3, -0.25) is 4.79 Å². The van der Waals surface area contributed by atoms with Gasteiger partial charge in [-0.15, -0.1) is 0 Å². The number of carbonyl (C=O) groups is 1. The van der Waals surface area contributed by atoms with E-state index in [9.17, 15) is 17.1 Å². The van der Waals surface area contributed by atoms with Gasteiger partial charge in [0.05, 0.1) is 0 Å². The number of benzene rings is 1. The number of halogens is 1. The molecule has 0 atom stereocenters. The van der Waals surface area contributed by atoms with Crippen LogP contribution in [0.1, 0.15) is 25.7 Å². The highest BCUT2D eigenvalue weighted by atomic mass is 32.3. The van der Waals surface area contributed by atoms with Gasteiger partial charge in [-0.25, -0.2) is 0 Å². The maximum Gasteiger partial charge on any atom is 0.488 e. The van der Waals surface area contributed by atoms with E-state index in [2.05, 4.69) is 9.50 Å². The van der Waals surface area contributed by atoms with Crippen LogP contribution in [0.2, 0.25) is 0 Å². The van der Waals surface area contributed by atoms with Crippen LogP contribution in [-0.4, -0.2) is 14.3 Å². The molecule has 1 aromatic carbocycles. The van der Waals surface area contributed by atoms with Crippen molar-refractivity contribution >= 4 is 22.1 Å². The van der Waals surface area contributed by atoms with Gasteiger partial charge in [0.25, 0.3) is 0 Å². The zero-order valence-electron chi connectivity index (χ0n) is 10.1. The van der Waals surface area contributed by atoms with Crippen LogP contribution in [0, 0.1) is 5.92 Å². The summed E-state index contributed by atoms with van der Waals surface area (Å²) in [6.45, 7) is 0. The van der Waals surface area contributed by atoms with Gasteiger partial charge < -0.3 is 9.50 Å². The second-order valence-corrected chi connectivity index (χ2v) is 5.42. The van der Waals surface area contributed by atoms with Crippen LogP contribution >= 0.6 is 0 Å². The second kappa shape index (κ2) is 5.56. The topological polar surface area (TPSA) is 72.5 Å². The first-order valence-electron chi connectivity index (χ1n) is 5.99. The summed E-state index contributed by atoms with van der Waals surface area (Å²) < 4.78 is 36.9. The number of nitrogens with one attached hydrogen (secondary N) is 1. The summed E-state index contributed by atoms with van der Waals surface area (Å²) >= 11 is 0. The van der Waals surface area contributed by atoms with Crippen LogP contribution in [0.3, 0.4) is 0 Å². The van der Waals surface area contributed by atoms with E-state index in [-0.39, 0.29) is 17.6 Å². The highest BCUT2D eigenvalue weighted by molar-refractivity contribution is 7.81. The van der Waals surface area contributed by atoms with Crippen LogP contribution in [-0.2, 0) is 15.3 Å². The molecule has 5 nitrogen and oxygen atoms in total. The second-order valence-electron chi connectivity index (χ2n) is 4.47. The van der Waals surface area contributed by atoms with E-state index in [1.807, 2.05) is 0 Å². The van der Waals surface area contributed by atoms with Gasteiger partial charge in [-0.2, -0.15) is 8.42 Å². The number of anilines is 1. The Morgan fingerprint density at radius 2 is 1.79 bits per heavy atom. The molecule has 0 bridgehead atoms. The summed E-state index contributed by atoms with van der Waals surface area (Å²) in [4.78, 5) is 11.8.